The van der Waals surface area contributed by atoms with Crippen LogP contribution in [0.15, 0.2) is 0 Å². The molecule has 5 heteroatoms. The second kappa shape index (κ2) is 5.87. The lowest BCUT2D eigenvalue weighted by Crippen LogP contribution is -2.35. The zero-order chi connectivity index (χ0) is 15.8. The molecule has 1 saturated carbocycles. The third kappa shape index (κ3) is 3.70. The first-order valence-electron chi connectivity index (χ1n) is 7.50. The van der Waals surface area contributed by atoms with Gasteiger partial charge in [0.05, 0.1) is 11.3 Å². The largest absolute Gasteiger partial charge is 0.473 e. The zero-order valence-electron chi connectivity index (χ0n) is 13.6. The smallest absolute Gasteiger partial charge is 0.244 e. The van der Waals surface area contributed by atoms with Crippen molar-refractivity contribution in [3.63, 3.8) is 0 Å². The van der Waals surface area contributed by atoms with Crippen LogP contribution in [-0.2, 0) is 0 Å². The number of aromatic nitrogens is 2. The van der Waals surface area contributed by atoms with Crippen LogP contribution in [0.5, 0.6) is 5.88 Å². The summed E-state index contributed by atoms with van der Waals surface area (Å²) in [5, 5.41) is 8.34. The van der Waals surface area contributed by atoms with Gasteiger partial charge in [-0.1, -0.05) is 33.0 Å². The quantitative estimate of drug-likeness (QED) is 0.868. The summed E-state index contributed by atoms with van der Waals surface area (Å²) in [5.41, 5.74) is 8.66. The Balaban J connectivity index is 2.27. The van der Waals surface area contributed by atoms with Gasteiger partial charge in [-0.25, -0.2) is 0 Å². The van der Waals surface area contributed by atoms with Gasteiger partial charge >= 0.3 is 0 Å². The maximum Gasteiger partial charge on any atom is 0.244 e. The number of hydrogen-bond donors (Lipinski definition) is 1. The Morgan fingerprint density at radius 3 is 2.52 bits per heavy atom. The van der Waals surface area contributed by atoms with Crippen molar-refractivity contribution < 1.29 is 4.74 Å². The Labute approximate surface area is 132 Å². The highest BCUT2D eigenvalue weighted by molar-refractivity contribution is 7.80. The van der Waals surface area contributed by atoms with Crippen molar-refractivity contribution in [2.45, 2.75) is 60.0 Å². The second-order valence-electron chi connectivity index (χ2n) is 7.11. The van der Waals surface area contributed by atoms with E-state index in [0.29, 0.717) is 22.2 Å². The van der Waals surface area contributed by atoms with Gasteiger partial charge in [0.15, 0.2) is 0 Å². The molecule has 0 saturated heterocycles. The lowest BCUT2D eigenvalue weighted by molar-refractivity contribution is 0.0524. The van der Waals surface area contributed by atoms with Gasteiger partial charge in [0, 0.05) is 0 Å². The summed E-state index contributed by atoms with van der Waals surface area (Å²) in [5.74, 6) is 1.13. The van der Waals surface area contributed by atoms with Crippen molar-refractivity contribution in [1.82, 2.24) is 10.2 Å². The van der Waals surface area contributed by atoms with E-state index < -0.39 is 0 Å². The predicted molar refractivity (Wildman–Crippen MR) is 88.6 cm³/mol. The lowest BCUT2D eigenvalue weighted by atomic mass is 9.71. The number of nitrogens with two attached hydrogens (primary N) is 1. The van der Waals surface area contributed by atoms with Gasteiger partial charge in [0.1, 0.15) is 11.1 Å². The van der Waals surface area contributed by atoms with Crippen LogP contribution in [0.1, 0.15) is 56.9 Å². The van der Waals surface area contributed by atoms with Crippen molar-refractivity contribution in [2.24, 2.45) is 17.1 Å². The van der Waals surface area contributed by atoms with Crippen molar-refractivity contribution in [3.05, 3.63) is 16.8 Å². The molecule has 0 aliphatic heterocycles. The summed E-state index contributed by atoms with van der Waals surface area (Å²) in [6.07, 6.45) is 3.43. The van der Waals surface area contributed by atoms with Gasteiger partial charge in [-0.2, -0.15) is 5.10 Å². The van der Waals surface area contributed by atoms with Gasteiger partial charge < -0.3 is 10.5 Å². The van der Waals surface area contributed by atoms with E-state index in [1.807, 2.05) is 13.8 Å². The SMILES string of the molecule is Cc1nnc(OC2CC(C)CC(C)(C)C2)c(C(N)=S)c1C. The summed E-state index contributed by atoms with van der Waals surface area (Å²) in [6.45, 7) is 10.7. The molecule has 0 spiro atoms. The van der Waals surface area contributed by atoms with Crippen LogP contribution in [-0.4, -0.2) is 21.3 Å². The van der Waals surface area contributed by atoms with Crippen LogP contribution in [0.4, 0.5) is 0 Å². The molecule has 0 aromatic carbocycles. The molecule has 116 valence electrons. The molecule has 1 aliphatic rings. The molecular weight excluding hydrogens is 282 g/mol. The van der Waals surface area contributed by atoms with Crippen molar-refractivity contribution in [2.75, 3.05) is 0 Å². The lowest BCUT2D eigenvalue weighted by Gasteiger charge is -2.38. The highest BCUT2D eigenvalue weighted by Crippen LogP contribution is 2.40. The molecule has 0 radical (unpaired) electrons. The summed E-state index contributed by atoms with van der Waals surface area (Å²) < 4.78 is 6.15. The number of nitrogens with zero attached hydrogens (tertiary/aromatic N) is 2. The van der Waals surface area contributed by atoms with Crippen LogP contribution in [0, 0.1) is 25.2 Å². The Morgan fingerprint density at radius 1 is 1.29 bits per heavy atom. The minimum atomic E-state index is 0.147. The molecular formula is C16H25N3OS. The van der Waals surface area contributed by atoms with Gasteiger partial charge in [-0.05, 0) is 50.0 Å². The highest BCUT2D eigenvalue weighted by Gasteiger charge is 2.34. The van der Waals surface area contributed by atoms with E-state index in [-0.39, 0.29) is 6.10 Å². The van der Waals surface area contributed by atoms with Crippen LogP contribution >= 0.6 is 12.2 Å². The Hall–Kier alpha value is -1.23. The molecule has 2 N–H and O–H groups in total. The van der Waals surface area contributed by atoms with E-state index in [0.717, 1.165) is 29.7 Å². The Kier molecular flexibility index (Phi) is 4.51. The molecule has 2 unspecified atom stereocenters. The molecule has 0 amide bonds. The molecule has 1 aromatic heterocycles. The van der Waals surface area contributed by atoms with Gasteiger partial charge in [-0.3, -0.25) is 0 Å². The number of hydrogen-bond acceptors (Lipinski definition) is 4. The van der Waals surface area contributed by atoms with Gasteiger partial charge in [0.2, 0.25) is 5.88 Å². The van der Waals surface area contributed by atoms with E-state index in [1.165, 1.54) is 6.42 Å². The number of thiocarbonyl (C=S) groups is 1. The highest BCUT2D eigenvalue weighted by atomic mass is 32.1. The summed E-state index contributed by atoms with van der Waals surface area (Å²) in [4.78, 5) is 0.323. The molecule has 1 fully saturated rings. The zero-order valence-corrected chi connectivity index (χ0v) is 14.4. The monoisotopic (exact) mass is 307 g/mol. The molecule has 1 aliphatic carbocycles. The van der Waals surface area contributed by atoms with Crippen LogP contribution in [0.25, 0.3) is 0 Å². The summed E-state index contributed by atoms with van der Waals surface area (Å²) in [6, 6.07) is 0. The Morgan fingerprint density at radius 2 is 1.95 bits per heavy atom. The summed E-state index contributed by atoms with van der Waals surface area (Å²) in [7, 11) is 0. The predicted octanol–water partition coefficient (Wildman–Crippen LogP) is 3.32. The fourth-order valence-electron chi connectivity index (χ4n) is 3.47. The molecule has 2 atom stereocenters. The maximum absolute atomic E-state index is 6.15. The first-order valence-corrected chi connectivity index (χ1v) is 7.91. The summed E-state index contributed by atoms with van der Waals surface area (Å²) >= 11 is 5.16. The molecule has 0 bridgehead atoms. The second-order valence-corrected chi connectivity index (χ2v) is 7.55. The third-order valence-electron chi connectivity index (χ3n) is 4.29. The maximum atomic E-state index is 6.15. The first-order chi connectivity index (χ1) is 9.69. The minimum absolute atomic E-state index is 0.147. The number of rotatable bonds is 3. The fraction of sp³-hybridized carbons (Fsp3) is 0.688. The topological polar surface area (TPSA) is 61.0 Å². The average Bonchev–Trinajstić information content (AvgIpc) is 2.30. The van der Waals surface area contributed by atoms with E-state index in [1.54, 1.807) is 0 Å². The van der Waals surface area contributed by atoms with Gasteiger partial charge in [0.25, 0.3) is 0 Å². The molecule has 1 heterocycles. The number of aryl methyl sites for hydroxylation is 1. The van der Waals surface area contributed by atoms with E-state index >= 15 is 0 Å². The van der Waals surface area contributed by atoms with E-state index in [4.69, 9.17) is 22.7 Å². The van der Waals surface area contributed by atoms with Crippen LogP contribution in [0.2, 0.25) is 0 Å². The van der Waals surface area contributed by atoms with Crippen LogP contribution in [0.3, 0.4) is 0 Å². The first kappa shape index (κ1) is 16.1. The normalized spacial score (nSPS) is 24.6. The minimum Gasteiger partial charge on any atom is -0.473 e. The fourth-order valence-corrected chi connectivity index (χ4v) is 3.71. The molecule has 1 aromatic rings. The van der Waals surface area contributed by atoms with Crippen molar-refractivity contribution in [1.29, 1.82) is 0 Å². The number of ether oxygens (including phenoxy) is 1. The van der Waals surface area contributed by atoms with E-state index in [9.17, 15) is 0 Å². The van der Waals surface area contributed by atoms with Gasteiger partial charge in [-0.15, -0.1) is 5.10 Å². The molecule has 2 rings (SSSR count). The average molecular weight is 307 g/mol. The third-order valence-corrected chi connectivity index (χ3v) is 4.50. The van der Waals surface area contributed by atoms with Crippen LogP contribution < -0.4 is 10.5 Å². The van der Waals surface area contributed by atoms with Crippen molar-refractivity contribution >= 4 is 17.2 Å². The van der Waals surface area contributed by atoms with E-state index in [2.05, 4.69) is 31.0 Å². The van der Waals surface area contributed by atoms with Crippen molar-refractivity contribution in [3.8, 4) is 5.88 Å². The molecule has 4 nitrogen and oxygen atoms in total. The molecule has 21 heavy (non-hydrogen) atoms. The standard InChI is InChI=1S/C16H25N3OS/c1-9-6-12(8-16(4,5)7-9)20-15-13(14(17)21)10(2)11(3)18-19-15/h9,12H,6-8H2,1-5H3,(H2,17,21). The Bertz CT molecular complexity index is 557.